The molecule has 10 heteroatoms. The summed E-state index contributed by atoms with van der Waals surface area (Å²) < 4.78 is 28.6. The monoisotopic (exact) mass is 791 g/mol. The molecule has 0 rings (SSSR count). The summed E-state index contributed by atoms with van der Waals surface area (Å²) in [5.74, 6) is -0.922. The fraction of sp³-hybridized carbons (Fsp3) is 0.955. The number of Topliss-reactive ketones (excluding diaryl/α,β-unsaturated/α-hetero) is 1. The van der Waals surface area contributed by atoms with E-state index in [9.17, 15) is 24.2 Å². The molecule has 0 aliphatic rings. The molecule has 0 spiro atoms. The lowest BCUT2D eigenvalue weighted by molar-refractivity contribution is -0.870. The highest BCUT2D eigenvalue weighted by Crippen LogP contribution is 2.43. The molecule has 54 heavy (non-hydrogen) atoms. The standard InChI is InChI=1S/C44H88NO8P/c1-6-8-10-12-14-16-18-20-22-24-26-28-30-32-34-36-41(46)44(42(47)40-52-54(49,50)51-39-38-45(3,4)5)53-43(48)37-35-33-31-29-27-25-23-21-19-17-15-13-11-9-7-2/h42,44,47H,6-40H2,1-5H3/p+1. The molecule has 0 aromatic carbocycles. The number of hydrogen-bond donors (Lipinski definition) is 2. The lowest BCUT2D eigenvalue weighted by Crippen LogP contribution is -2.41. The summed E-state index contributed by atoms with van der Waals surface area (Å²) in [5.41, 5.74) is 0. The third-order valence-electron chi connectivity index (χ3n) is 10.4. The lowest BCUT2D eigenvalue weighted by Gasteiger charge is -2.25. The van der Waals surface area contributed by atoms with E-state index in [1.807, 2.05) is 21.1 Å². The van der Waals surface area contributed by atoms with E-state index >= 15 is 0 Å². The van der Waals surface area contributed by atoms with Crippen LogP contribution in [0.15, 0.2) is 0 Å². The van der Waals surface area contributed by atoms with Gasteiger partial charge in [0, 0.05) is 12.8 Å². The highest BCUT2D eigenvalue weighted by atomic mass is 31.2. The number of rotatable bonds is 42. The summed E-state index contributed by atoms with van der Waals surface area (Å²) in [7, 11) is 1.33. The Balaban J connectivity index is 4.49. The van der Waals surface area contributed by atoms with Crippen molar-refractivity contribution in [2.45, 2.75) is 232 Å². The Morgan fingerprint density at radius 1 is 0.537 bits per heavy atom. The molecule has 0 bridgehead atoms. The Labute approximate surface area is 333 Å². The van der Waals surface area contributed by atoms with E-state index in [0.717, 1.165) is 38.5 Å². The van der Waals surface area contributed by atoms with Crippen LogP contribution in [0.25, 0.3) is 0 Å². The summed E-state index contributed by atoms with van der Waals surface area (Å²) in [6.07, 6.45) is 34.0. The van der Waals surface area contributed by atoms with Gasteiger partial charge in [0.1, 0.15) is 19.3 Å². The van der Waals surface area contributed by atoms with Crippen LogP contribution in [0.4, 0.5) is 0 Å². The second-order valence-electron chi connectivity index (χ2n) is 17.0. The maximum Gasteiger partial charge on any atom is 0.472 e. The van der Waals surface area contributed by atoms with Gasteiger partial charge in [-0.3, -0.25) is 18.6 Å². The molecule has 9 nitrogen and oxygen atoms in total. The molecule has 0 radical (unpaired) electrons. The van der Waals surface area contributed by atoms with Crippen LogP contribution < -0.4 is 0 Å². The van der Waals surface area contributed by atoms with E-state index in [4.69, 9.17) is 13.8 Å². The minimum atomic E-state index is -4.46. The van der Waals surface area contributed by atoms with Crippen molar-refractivity contribution in [3.63, 3.8) is 0 Å². The fourth-order valence-electron chi connectivity index (χ4n) is 6.74. The number of hydrogen-bond acceptors (Lipinski definition) is 7. The number of carbonyl (C=O) groups is 2. The van der Waals surface area contributed by atoms with Crippen molar-refractivity contribution in [2.24, 2.45) is 0 Å². The average molecular weight is 791 g/mol. The first kappa shape index (κ1) is 53.2. The molecule has 0 aromatic heterocycles. The number of aliphatic hydroxyl groups excluding tert-OH is 1. The Kier molecular flexibility index (Phi) is 35.9. The van der Waals surface area contributed by atoms with Crippen molar-refractivity contribution in [2.75, 3.05) is 40.9 Å². The van der Waals surface area contributed by atoms with Gasteiger partial charge in [-0.15, -0.1) is 0 Å². The number of aliphatic hydroxyl groups is 1. The molecule has 0 heterocycles. The Hall–Kier alpha value is -0.830. The molecule has 2 N–H and O–H groups in total. The van der Waals surface area contributed by atoms with Crippen LogP contribution >= 0.6 is 7.82 Å². The molecular weight excluding hydrogens is 701 g/mol. The molecule has 0 aliphatic carbocycles. The van der Waals surface area contributed by atoms with Crippen LogP contribution in [-0.4, -0.2) is 79.3 Å². The number of carbonyl (C=O) groups excluding carboxylic acids is 2. The summed E-state index contributed by atoms with van der Waals surface area (Å²) in [6, 6.07) is 0. The van der Waals surface area contributed by atoms with E-state index < -0.39 is 32.6 Å². The zero-order valence-electron chi connectivity index (χ0n) is 36.1. The number of esters is 1. The van der Waals surface area contributed by atoms with Crippen LogP contribution in [0.5, 0.6) is 0 Å². The Bertz CT molecular complexity index is 912. The molecule has 0 saturated carbocycles. The molecule has 0 aliphatic heterocycles. The van der Waals surface area contributed by atoms with Gasteiger partial charge in [0.05, 0.1) is 27.7 Å². The number of nitrogens with zero attached hydrogens (tertiary/aromatic N) is 1. The first-order chi connectivity index (χ1) is 25.9. The smallest absolute Gasteiger partial charge is 0.451 e. The Morgan fingerprint density at radius 3 is 1.22 bits per heavy atom. The van der Waals surface area contributed by atoms with E-state index in [-0.39, 0.29) is 25.2 Å². The SMILES string of the molecule is CCCCCCCCCCCCCCCCCC(=O)OC(C(=O)CCCCCCCCCCCCCCCCC)C(O)COP(=O)(O)OCC[N+](C)(C)C. The van der Waals surface area contributed by atoms with Crippen LogP contribution in [0, 0.1) is 0 Å². The minimum Gasteiger partial charge on any atom is -0.451 e. The average Bonchev–Trinajstić information content (AvgIpc) is 3.12. The van der Waals surface area contributed by atoms with E-state index in [1.54, 1.807) is 0 Å². The molecule has 0 fully saturated rings. The maximum absolute atomic E-state index is 13.2. The van der Waals surface area contributed by atoms with Crippen LogP contribution in [-0.2, 0) is 27.9 Å². The summed E-state index contributed by atoms with van der Waals surface area (Å²) in [6.45, 7) is 4.33. The van der Waals surface area contributed by atoms with Crippen molar-refractivity contribution in [1.29, 1.82) is 0 Å². The van der Waals surface area contributed by atoms with Gasteiger partial charge in [0.2, 0.25) is 0 Å². The zero-order chi connectivity index (χ0) is 40.2. The van der Waals surface area contributed by atoms with E-state index in [2.05, 4.69) is 13.8 Å². The van der Waals surface area contributed by atoms with Crippen molar-refractivity contribution < 1.29 is 42.4 Å². The number of quaternary nitrogens is 1. The van der Waals surface area contributed by atoms with Crippen LogP contribution in [0.3, 0.4) is 0 Å². The first-order valence-corrected chi connectivity index (χ1v) is 24.2. The summed E-state index contributed by atoms with van der Waals surface area (Å²) >= 11 is 0. The quantitative estimate of drug-likeness (QED) is 0.0271. The van der Waals surface area contributed by atoms with Crippen LogP contribution in [0.1, 0.15) is 219 Å². The maximum atomic E-state index is 13.2. The predicted octanol–water partition coefficient (Wildman–Crippen LogP) is 12.2. The second kappa shape index (κ2) is 36.5. The first-order valence-electron chi connectivity index (χ1n) is 22.7. The molecule has 0 aromatic rings. The van der Waals surface area contributed by atoms with Gasteiger partial charge in [-0.05, 0) is 12.8 Å². The van der Waals surface area contributed by atoms with Crippen molar-refractivity contribution >= 4 is 19.6 Å². The van der Waals surface area contributed by atoms with Gasteiger partial charge in [-0.1, -0.05) is 194 Å². The summed E-state index contributed by atoms with van der Waals surface area (Å²) in [5, 5.41) is 10.9. The normalized spacial score (nSPS) is 14.2. The van der Waals surface area contributed by atoms with Crippen molar-refractivity contribution in [3.8, 4) is 0 Å². The van der Waals surface area contributed by atoms with Gasteiger partial charge < -0.3 is 19.2 Å². The van der Waals surface area contributed by atoms with Gasteiger partial charge in [0.25, 0.3) is 0 Å². The fourth-order valence-corrected chi connectivity index (χ4v) is 7.47. The topological polar surface area (TPSA) is 119 Å². The second-order valence-corrected chi connectivity index (χ2v) is 18.4. The molecule has 0 saturated heterocycles. The number of phosphoric acid groups is 1. The summed E-state index contributed by atoms with van der Waals surface area (Å²) in [4.78, 5) is 36.1. The largest absolute Gasteiger partial charge is 0.472 e. The van der Waals surface area contributed by atoms with E-state index in [1.165, 1.54) is 141 Å². The number of unbranched alkanes of at least 4 members (excludes halogenated alkanes) is 28. The van der Waals surface area contributed by atoms with Gasteiger partial charge in [-0.25, -0.2) is 4.57 Å². The van der Waals surface area contributed by atoms with Crippen molar-refractivity contribution in [1.82, 2.24) is 0 Å². The molecule has 322 valence electrons. The highest BCUT2D eigenvalue weighted by Gasteiger charge is 2.33. The number of ether oxygens (including phenoxy) is 1. The Morgan fingerprint density at radius 2 is 0.870 bits per heavy atom. The number of phosphoric ester groups is 1. The van der Waals surface area contributed by atoms with E-state index in [0.29, 0.717) is 23.9 Å². The minimum absolute atomic E-state index is 0.0107. The van der Waals surface area contributed by atoms with Gasteiger partial charge in [0.15, 0.2) is 11.9 Å². The van der Waals surface area contributed by atoms with Gasteiger partial charge in [-0.2, -0.15) is 0 Å². The molecule has 3 atom stereocenters. The number of ketones is 1. The molecular formula is C44H89NO8P+. The lowest BCUT2D eigenvalue weighted by atomic mass is 10.0. The zero-order valence-corrected chi connectivity index (χ0v) is 37.0. The highest BCUT2D eigenvalue weighted by molar-refractivity contribution is 7.47. The number of likely N-dealkylation sites (N-methyl/N-ethyl adjacent to an activating group) is 1. The van der Waals surface area contributed by atoms with Gasteiger partial charge >= 0.3 is 13.8 Å². The third kappa shape index (κ3) is 36.8. The van der Waals surface area contributed by atoms with Crippen molar-refractivity contribution in [3.05, 3.63) is 0 Å². The predicted molar refractivity (Wildman–Crippen MR) is 225 cm³/mol. The molecule has 0 amide bonds. The third-order valence-corrected chi connectivity index (χ3v) is 11.3. The van der Waals surface area contributed by atoms with Crippen LogP contribution in [0.2, 0.25) is 0 Å². The molecule has 3 unspecified atom stereocenters.